The highest BCUT2D eigenvalue weighted by Gasteiger charge is 2.30. The van der Waals surface area contributed by atoms with Crippen molar-refractivity contribution in [3.05, 3.63) is 369 Å². The Balaban J connectivity index is 0.000000118. The van der Waals surface area contributed by atoms with Crippen LogP contribution in [0.25, 0.3) is 138 Å². The second-order valence-corrected chi connectivity index (χ2v) is 36.8. The molecule has 22 aromatic rings. The maximum atomic E-state index is 14.2. The normalized spacial score (nSPS) is 12.2. The summed E-state index contributed by atoms with van der Waals surface area (Å²) in [5.74, 6) is -0.673. The first-order valence-corrected chi connectivity index (χ1v) is 48.1. The van der Waals surface area contributed by atoms with Gasteiger partial charge in [0.05, 0.1) is 86.3 Å². The van der Waals surface area contributed by atoms with E-state index in [1.807, 2.05) is 183 Å². The van der Waals surface area contributed by atoms with E-state index in [4.69, 9.17) is 33.1 Å². The predicted molar refractivity (Wildman–Crippen MR) is 568 cm³/mol. The number of phenolic OH excluding ortho intramolecular Hbond substituents is 4. The molecule has 0 saturated heterocycles. The van der Waals surface area contributed by atoms with Crippen molar-refractivity contribution >= 4 is 133 Å². The van der Waals surface area contributed by atoms with Crippen molar-refractivity contribution in [2.24, 2.45) is 0 Å². The number of hydrogen-bond donors (Lipinski definition) is 8. The largest absolute Gasteiger partial charge is 0.508 e. The van der Waals surface area contributed by atoms with E-state index < -0.39 is 11.6 Å². The molecule has 0 unspecified atom stereocenters. The third kappa shape index (κ3) is 18.0. The van der Waals surface area contributed by atoms with E-state index in [0.717, 1.165) is 143 Å². The van der Waals surface area contributed by atoms with E-state index in [9.17, 15) is 48.4 Å². The van der Waals surface area contributed by atoms with Gasteiger partial charge < -0.3 is 47.9 Å². The SMILES string of the molecule is CCc1ccccc1-n1c(Cn2nc(-c3cc(O)cc(F)c3)c3c(N)ncnc32)cc2cccc(C)c2c1=O.CCc1ccccc1-n1c(Cn2nc(-c3cccc(O)c3)c3c(N)ncnc32)cc2cccc(C)c2c1=O.Cc1cccc2cc(Cn3nc(-c4cc(O)cc(F)c4)c4c(N)ncnc43)n(-c3ccccc3O)c(=O)c12.Cc1cccc2cc(Cn3nc(I)c4c(N)ncnc43)n(C3CCCCC3)c(=O)c12. The molecule has 1 aliphatic carbocycles. The zero-order valence-corrected chi connectivity index (χ0v) is 81.6. The van der Waals surface area contributed by atoms with Crippen molar-refractivity contribution in [1.29, 1.82) is 0 Å². The van der Waals surface area contributed by atoms with Gasteiger partial charge in [-0.3, -0.25) is 32.9 Å². The lowest BCUT2D eigenvalue weighted by molar-refractivity contribution is 0.338. The minimum atomic E-state index is -0.642. The summed E-state index contributed by atoms with van der Waals surface area (Å²) in [7, 11) is 0. The number of fused-ring (bicyclic) bond motifs is 8. The smallest absolute Gasteiger partial charge is 0.263 e. The molecule has 12 heterocycles. The molecule has 35 heteroatoms. The lowest BCUT2D eigenvalue weighted by Crippen LogP contribution is -2.30. The summed E-state index contributed by atoms with van der Waals surface area (Å²) >= 11 is 2.16. The lowest BCUT2D eigenvalue weighted by Gasteiger charge is -2.27. The minimum Gasteiger partial charge on any atom is -0.508 e. The maximum absolute atomic E-state index is 14.2. The van der Waals surface area contributed by atoms with Crippen LogP contribution in [0.1, 0.15) is 108 Å². The number of hydrogen-bond acceptors (Lipinski definition) is 24. The zero-order valence-electron chi connectivity index (χ0n) is 79.4. The molecule has 1 aliphatic rings. The number of aromatic nitrogens is 20. The molecule has 0 spiro atoms. The van der Waals surface area contributed by atoms with Crippen LogP contribution in [-0.2, 0) is 39.0 Å². The first kappa shape index (κ1) is 94.8. The number of anilines is 4. The molecule has 0 aliphatic heterocycles. The summed E-state index contributed by atoms with van der Waals surface area (Å²) in [6, 6.07) is 68.0. The monoisotopic (exact) mass is 2040 g/mol. The molecule has 12 N–H and O–H groups in total. The van der Waals surface area contributed by atoms with Gasteiger partial charge >= 0.3 is 0 Å². The molecule has 724 valence electrons. The number of para-hydroxylation sites is 4. The lowest BCUT2D eigenvalue weighted by atomic mass is 9.94. The fourth-order valence-corrected chi connectivity index (χ4v) is 20.7. The highest BCUT2D eigenvalue weighted by molar-refractivity contribution is 14.1. The Bertz CT molecular complexity index is 9180. The maximum Gasteiger partial charge on any atom is 0.263 e. The van der Waals surface area contributed by atoms with E-state index in [1.54, 1.807) is 54.9 Å². The number of nitrogens with two attached hydrogens (primary N) is 4. The Morgan fingerprint density at radius 3 is 1.08 bits per heavy atom. The summed E-state index contributed by atoms with van der Waals surface area (Å²) in [6.45, 7) is 12.9. The van der Waals surface area contributed by atoms with Crippen molar-refractivity contribution in [3.63, 3.8) is 0 Å². The van der Waals surface area contributed by atoms with E-state index >= 15 is 0 Å². The fraction of sp³-hybridized carbons (Fsp3) is 0.164. The average molecular weight is 2050 g/mol. The van der Waals surface area contributed by atoms with Crippen LogP contribution in [0.15, 0.2) is 275 Å². The van der Waals surface area contributed by atoms with E-state index in [1.165, 1.54) is 71.3 Å². The zero-order chi connectivity index (χ0) is 101. The molecule has 1 saturated carbocycles. The van der Waals surface area contributed by atoms with Gasteiger partial charge in [-0.05, 0) is 216 Å². The first-order valence-electron chi connectivity index (χ1n) is 47.0. The van der Waals surface area contributed by atoms with Crippen LogP contribution in [0.4, 0.5) is 32.1 Å². The molecular weight excluding hydrogens is 1950 g/mol. The molecule has 0 amide bonds. The number of phenols is 4. The Morgan fingerprint density at radius 1 is 0.338 bits per heavy atom. The molecule has 10 aromatic carbocycles. The summed E-state index contributed by atoms with van der Waals surface area (Å²) in [5.41, 5.74) is 39.5. The first-order chi connectivity index (χ1) is 70.2. The Labute approximate surface area is 838 Å². The topological polar surface area (TPSA) is 447 Å². The van der Waals surface area contributed by atoms with Gasteiger partial charge in [0.15, 0.2) is 22.6 Å². The second-order valence-electron chi connectivity index (χ2n) is 35.8. The third-order valence-electron chi connectivity index (χ3n) is 26.5. The van der Waals surface area contributed by atoms with Crippen molar-refractivity contribution < 1.29 is 29.2 Å². The van der Waals surface area contributed by atoms with Gasteiger partial charge in [-0.2, -0.15) is 20.4 Å². The highest BCUT2D eigenvalue weighted by Crippen LogP contribution is 2.40. The predicted octanol–water partition coefficient (Wildman–Crippen LogP) is 18.6. The van der Waals surface area contributed by atoms with Crippen LogP contribution in [-0.4, -0.2) is 118 Å². The van der Waals surface area contributed by atoms with Crippen LogP contribution in [0, 0.1) is 43.0 Å². The quantitative estimate of drug-likeness (QED) is 0.0392. The Morgan fingerprint density at radius 2 is 0.676 bits per heavy atom. The van der Waals surface area contributed by atoms with Crippen LogP contribution >= 0.6 is 22.6 Å². The van der Waals surface area contributed by atoms with Gasteiger partial charge in [0.1, 0.15) is 104 Å². The number of aryl methyl sites for hydroxylation is 6. The molecule has 23 rings (SSSR count). The van der Waals surface area contributed by atoms with E-state index in [0.29, 0.717) is 118 Å². The summed E-state index contributed by atoms with van der Waals surface area (Å²) in [4.78, 5) is 89.8. The summed E-state index contributed by atoms with van der Waals surface area (Å²) in [6.07, 6.45) is 12.7. The highest BCUT2D eigenvalue weighted by atomic mass is 127. The number of aromatic hydroxyl groups is 4. The Kier molecular flexibility index (Phi) is 25.7. The van der Waals surface area contributed by atoms with Gasteiger partial charge in [0, 0.05) is 57.6 Å². The molecule has 0 bridgehead atoms. The van der Waals surface area contributed by atoms with Gasteiger partial charge in [-0.1, -0.05) is 167 Å². The van der Waals surface area contributed by atoms with Crippen molar-refractivity contribution in [2.75, 3.05) is 22.9 Å². The molecule has 0 radical (unpaired) electrons. The van der Waals surface area contributed by atoms with E-state index in [-0.39, 0.29) is 88.2 Å². The third-order valence-corrected chi connectivity index (χ3v) is 27.3. The number of benzene rings is 10. The molecule has 32 nitrogen and oxygen atoms in total. The fourth-order valence-electron chi connectivity index (χ4n) is 19.9. The Hall–Kier alpha value is -17.8. The van der Waals surface area contributed by atoms with Crippen molar-refractivity contribution in [2.45, 2.75) is 119 Å². The van der Waals surface area contributed by atoms with Crippen LogP contribution in [0.5, 0.6) is 23.0 Å². The van der Waals surface area contributed by atoms with E-state index in [2.05, 4.69) is 92.6 Å². The number of nitrogens with zero attached hydrogens (tertiary/aromatic N) is 20. The van der Waals surface area contributed by atoms with Gasteiger partial charge in [-0.15, -0.1) is 0 Å². The van der Waals surface area contributed by atoms with Crippen LogP contribution in [0.2, 0.25) is 0 Å². The van der Waals surface area contributed by atoms with Gasteiger partial charge in [-0.25, -0.2) is 67.4 Å². The van der Waals surface area contributed by atoms with Gasteiger partial charge in [0.2, 0.25) is 0 Å². The number of rotatable bonds is 17. The van der Waals surface area contributed by atoms with Gasteiger partial charge in [0.25, 0.3) is 22.2 Å². The average Bonchev–Trinajstić information content (AvgIpc) is 1.45. The number of pyridine rings is 4. The molecule has 1 fully saturated rings. The van der Waals surface area contributed by atoms with Crippen LogP contribution < -0.4 is 45.2 Å². The minimum absolute atomic E-state index is 0.0572. The summed E-state index contributed by atoms with van der Waals surface area (Å²) < 4.78 is 42.9. The second kappa shape index (κ2) is 39.4. The number of halogens is 3. The molecule has 145 heavy (non-hydrogen) atoms. The standard InChI is InChI=1S/C30H25FN6O2.C30H26N6O2.C28H21FN6O3.C22H23IN6O/c1-3-18-8-4-5-10-24(18)37-22(12-19-9-6-7-17(2)25(19)30(37)39)15-36-29-26(28(32)33-16-34-29)27(35-36)20-11-21(31)14-23(38)13-20;1-3-19-9-4-5-13-24(19)36-22(14-20-10-6-8-18(2)25(20)30(36)38)16-35-29-26(28(31)32-17-33-29)27(34-35)21-11-7-12-23(37)15-21;1-15-5-4-6-16-10-19(35(28(38)23(15)16)21-7-2-3-8-22(21)37)13-34-27-24(26(30)31-14-32-27)25(33-34)17-9-18(29)12-20(36)11-17;1-13-6-5-7-14-10-16(29(22(30)17(13)14)15-8-3-2-4-9-15)11-28-21-18(19(23)27-28)20(24)25-12-26-21/h4-14,16,38H,3,15H2,1-2H3,(H2,32,33,34);4-15,17,37H,3,16H2,1-2H3,(H2,31,32,33);2-12,14,36-37H,13H2,1H3,(H2,30,31,32);5-7,10,12,15H,2-4,8-9,11H2,1H3,(H2,24,25,26). The number of nitrogen functional groups attached to an aromatic ring is 4. The molecule has 0 atom stereocenters. The van der Waals surface area contributed by atoms with Crippen LogP contribution in [0.3, 0.4) is 0 Å². The molecule has 12 aromatic heterocycles. The molecular formula is C110H95F2IN24O8. The van der Waals surface area contributed by atoms with Crippen molar-refractivity contribution in [3.8, 4) is 73.8 Å². The van der Waals surface area contributed by atoms with Crippen molar-refractivity contribution in [1.82, 2.24) is 97.3 Å². The summed E-state index contributed by atoms with van der Waals surface area (Å²) in [5, 5.41) is 68.0.